The SMILES string of the molecule is COC(=O)c1ccc(Cc2ncccc2C)cc1. The largest absolute Gasteiger partial charge is 0.465 e. The standard InChI is InChI=1S/C15H15NO2/c1-11-4-3-9-16-14(11)10-12-5-7-13(8-6-12)15(17)18-2/h3-9H,10H2,1-2H3. The molecular formula is C15H15NO2. The topological polar surface area (TPSA) is 39.2 Å². The quantitative estimate of drug-likeness (QED) is 0.776. The molecule has 3 nitrogen and oxygen atoms in total. The highest BCUT2D eigenvalue weighted by atomic mass is 16.5. The van der Waals surface area contributed by atoms with Crippen LogP contribution in [-0.4, -0.2) is 18.1 Å². The van der Waals surface area contributed by atoms with E-state index in [2.05, 4.69) is 9.72 Å². The highest BCUT2D eigenvalue weighted by Crippen LogP contribution is 2.12. The molecule has 2 aromatic rings. The maximum Gasteiger partial charge on any atom is 0.337 e. The maximum atomic E-state index is 11.3. The van der Waals surface area contributed by atoms with E-state index in [0.717, 1.165) is 17.7 Å². The van der Waals surface area contributed by atoms with Crippen LogP contribution >= 0.6 is 0 Å². The summed E-state index contributed by atoms with van der Waals surface area (Å²) in [5, 5.41) is 0. The second-order valence-electron chi connectivity index (χ2n) is 4.13. The Bertz CT molecular complexity index is 547. The molecule has 18 heavy (non-hydrogen) atoms. The second-order valence-corrected chi connectivity index (χ2v) is 4.13. The monoisotopic (exact) mass is 241 g/mol. The summed E-state index contributed by atoms with van der Waals surface area (Å²) in [6.07, 6.45) is 2.57. The van der Waals surface area contributed by atoms with E-state index in [9.17, 15) is 4.79 Å². The molecule has 0 saturated heterocycles. The Labute approximate surface area is 106 Å². The molecule has 0 unspecified atom stereocenters. The third-order valence-electron chi connectivity index (χ3n) is 2.86. The van der Waals surface area contributed by atoms with Gasteiger partial charge in [-0.2, -0.15) is 0 Å². The van der Waals surface area contributed by atoms with Gasteiger partial charge in [0.25, 0.3) is 0 Å². The number of hydrogen-bond acceptors (Lipinski definition) is 3. The number of carbonyl (C=O) groups is 1. The van der Waals surface area contributed by atoms with Gasteiger partial charge in [0.05, 0.1) is 12.7 Å². The van der Waals surface area contributed by atoms with Gasteiger partial charge in [-0.3, -0.25) is 4.98 Å². The molecule has 3 heteroatoms. The normalized spacial score (nSPS) is 10.1. The minimum atomic E-state index is -0.310. The fourth-order valence-corrected chi connectivity index (χ4v) is 1.77. The van der Waals surface area contributed by atoms with Crippen molar-refractivity contribution in [3.05, 3.63) is 65.0 Å². The predicted molar refractivity (Wildman–Crippen MR) is 69.6 cm³/mol. The maximum absolute atomic E-state index is 11.3. The molecule has 0 aliphatic heterocycles. The zero-order chi connectivity index (χ0) is 13.0. The molecule has 1 heterocycles. The molecule has 0 fully saturated rings. The number of pyridine rings is 1. The van der Waals surface area contributed by atoms with Crippen LogP contribution in [0.4, 0.5) is 0 Å². The molecule has 0 spiro atoms. The molecule has 0 aliphatic rings. The van der Waals surface area contributed by atoms with Gasteiger partial charge in [0.1, 0.15) is 0 Å². The van der Waals surface area contributed by atoms with Gasteiger partial charge in [0.2, 0.25) is 0 Å². The summed E-state index contributed by atoms with van der Waals surface area (Å²) in [6.45, 7) is 2.05. The number of aryl methyl sites for hydroxylation is 1. The van der Waals surface area contributed by atoms with Crippen molar-refractivity contribution >= 4 is 5.97 Å². The van der Waals surface area contributed by atoms with Gasteiger partial charge in [-0.1, -0.05) is 18.2 Å². The van der Waals surface area contributed by atoms with Crippen LogP contribution in [0.15, 0.2) is 42.6 Å². The van der Waals surface area contributed by atoms with Crippen molar-refractivity contribution < 1.29 is 9.53 Å². The molecule has 0 radical (unpaired) electrons. The van der Waals surface area contributed by atoms with Crippen LogP contribution in [0.2, 0.25) is 0 Å². The highest BCUT2D eigenvalue weighted by Gasteiger charge is 2.05. The summed E-state index contributed by atoms with van der Waals surface area (Å²) in [5.74, 6) is -0.310. The van der Waals surface area contributed by atoms with Crippen molar-refractivity contribution in [2.24, 2.45) is 0 Å². The first kappa shape index (κ1) is 12.3. The number of ether oxygens (including phenoxy) is 1. The Kier molecular flexibility index (Phi) is 3.72. The van der Waals surface area contributed by atoms with Crippen LogP contribution in [0.1, 0.15) is 27.2 Å². The third kappa shape index (κ3) is 2.74. The van der Waals surface area contributed by atoms with Crippen LogP contribution in [0.25, 0.3) is 0 Å². The number of rotatable bonds is 3. The van der Waals surface area contributed by atoms with E-state index in [1.165, 1.54) is 12.7 Å². The fourth-order valence-electron chi connectivity index (χ4n) is 1.77. The van der Waals surface area contributed by atoms with Crippen LogP contribution in [0.5, 0.6) is 0 Å². The van der Waals surface area contributed by atoms with E-state index in [4.69, 9.17) is 0 Å². The highest BCUT2D eigenvalue weighted by molar-refractivity contribution is 5.89. The lowest BCUT2D eigenvalue weighted by Gasteiger charge is -2.05. The number of hydrogen-bond donors (Lipinski definition) is 0. The van der Waals surface area contributed by atoms with Crippen molar-refractivity contribution in [3.8, 4) is 0 Å². The number of benzene rings is 1. The summed E-state index contributed by atoms with van der Waals surface area (Å²) in [7, 11) is 1.38. The number of aromatic nitrogens is 1. The number of carbonyl (C=O) groups excluding carboxylic acids is 1. The molecule has 0 aliphatic carbocycles. The average Bonchev–Trinajstić information content (AvgIpc) is 2.41. The Morgan fingerprint density at radius 1 is 1.22 bits per heavy atom. The van der Waals surface area contributed by atoms with Crippen molar-refractivity contribution in [2.45, 2.75) is 13.3 Å². The van der Waals surface area contributed by atoms with Gasteiger partial charge < -0.3 is 4.74 Å². The van der Waals surface area contributed by atoms with Gasteiger partial charge in [0.15, 0.2) is 0 Å². The average molecular weight is 241 g/mol. The molecule has 0 atom stereocenters. The lowest BCUT2D eigenvalue weighted by atomic mass is 10.0. The molecule has 92 valence electrons. The van der Waals surface area contributed by atoms with E-state index >= 15 is 0 Å². The summed E-state index contributed by atoms with van der Waals surface area (Å²) < 4.78 is 4.66. The van der Waals surface area contributed by atoms with Gasteiger partial charge >= 0.3 is 5.97 Å². The van der Waals surface area contributed by atoms with Crippen LogP contribution in [0.3, 0.4) is 0 Å². The molecule has 0 saturated carbocycles. The first-order valence-electron chi connectivity index (χ1n) is 5.78. The van der Waals surface area contributed by atoms with Gasteiger partial charge in [-0.15, -0.1) is 0 Å². The van der Waals surface area contributed by atoms with Crippen molar-refractivity contribution in [1.29, 1.82) is 0 Å². The Balaban J connectivity index is 2.16. The van der Waals surface area contributed by atoms with E-state index in [1.807, 2.05) is 31.2 Å². The van der Waals surface area contributed by atoms with Gasteiger partial charge in [0, 0.05) is 18.3 Å². The number of esters is 1. The Hall–Kier alpha value is -2.16. The summed E-state index contributed by atoms with van der Waals surface area (Å²) in [6, 6.07) is 11.4. The second kappa shape index (κ2) is 5.45. The Morgan fingerprint density at radius 2 is 1.94 bits per heavy atom. The zero-order valence-corrected chi connectivity index (χ0v) is 10.5. The molecule has 0 amide bonds. The first-order valence-corrected chi connectivity index (χ1v) is 5.78. The molecule has 1 aromatic heterocycles. The van der Waals surface area contributed by atoms with E-state index in [0.29, 0.717) is 5.56 Å². The smallest absolute Gasteiger partial charge is 0.337 e. The molecular weight excluding hydrogens is 226 g/mol. The van der Waals surface area contributed by atoms with Crippen LogP contribution in [0, 0.1) is 6.92 Å². The third-order valence-corrected chi connectivity index (χ3v) is 2.86. The molecule has 1 aromatic carbocycles. The first-order chi connectivity index (χ1) is 8.70. The lowest BCUT2D eigenvalue weighted by Crippen LogP contribution is -2.01. The molecule has 2 rings (SSSR count). The van der Waals surface area contributed by atoms with Crippen molar-refractivity contribution in [1.82, 2.24) is 4.98 Å². The van der Waals surface area contributed by atoms with Crippen LogP contribution < -0.4 is 0 Å². The van der Waals surface area contributed by atoms with E-state index < -0.39 is 0 Å². The lowest BCUT2D eigenvalue weighted by molar-refractivity contribution is 0.0600. The van der Waals surface area contributed by atoms with E-state index in [-0.39, 0.29) is 5.97 Å². The number of nitrogens with zero attached hydrogens (tertiary/aromatic N) is 1. The van der Waals surface area contributed by atoms with Crippen molar-refractivity contribution in [3.63, 3.8) is 0 Å². The summed E-state index contributed by atoms with van der Waals surface area (Å²) >= 11 is 0. The molecule has 0 N–H and O–H groups in total. The summed E-state index contributed by atoms with van der Waals surface area (Å²) in [4.78, 5) is 15.7. The zero-order valence-electron chi connectivity index (χ0n) is 10.5. The Morgan fingerprint density at radius 3 is 2.56 bits per heavy atom. The van der Waals surface area contributed by atoms with E-state index in [1.54, 1.807) is 18.3 Å². The van der Waals surface area contributed by atoms with Gasteiger partial charge in [-0.25, -0.2) is 4.79 Å². The minimum absolute atomic E-state index is 0.310. The predicted octanol–water partition coefficient (Wildman–Crippen LogP) is 2.77. The fraction of sp³-hybridized carbons (Fsp3) is 0.200. The minimum Gasteiger partial charge on any atom is -0.465 e. The molecule has 0 bridgehead atoms. The summed E-state index contributed by atoms with van der Waals surface area (Å²) in [5.41, 5.74) is 3.93. The van der Waals surface area contributed by atoms with Crippen molar-refractivity contribution in [2.75, 3.05) is 7.11 Å². The van der Waals surface area contributed by atoms with Crippen LogP contribution in [-0.2, 0) is 11.2 Å². The van der Waals surface area contributed by atoms with Gasteiger partial charge in [-0.05, 0) is 36.2 Å². The number of methoxy groups -OCH3 is 1.